The van der Waals surface area contributed by atoms with Gasteiger partial charge in [-0.05, 0) is 31.9 Å². The maximum absolute atomic E-state index is 12.2. The van der Waals surface area contributed by atoms with Crippen LogP contribution in [0.2, 0.25) is 0 Å². The lowest BCUT2D eigenvalue weighted by Gasteiger charge is -2.29. The van der Waals surface area contributed by atoms with Crippen molar-refractivity contribution >= 4 is 11.7 Å². The predicted octanol–water partition coefficient (Wildman–Crippen LogP) is 1.68. The van der Waals surface area contributed by atoms with Gasteiger partial charge in [-0.3, -0.25) is 9.59 Å². The molecule has 0 saturated carbocycles. The molecule has 0 saturated heterocycles. The van der Waals surface area contributed by atoms with E-state index in [0.29, 0.717) is 0 Å². The van der Waals surface area contributed by atoms with Crippen molar-refractivity contribution in [3.63, 3.8) is 0 Å². The molecule has 1 atom stereocenters. The van der Waals surface area contributed by atoms with Crippen LogP contribution in [0.1, 0.15) is 38.2 Å². The van der Waals surface area contributed by atoms with E-state index in [9.17, 15) is 9.59 Å². The lowest BCUT2D eigenvalue weighted by Crippen LogP contribution is -2.50. The number of rotatable bonds is 6. The SMILES string of the molecule is CC(C)[C@H](N)C(=O)N(CC(=O)c1ccco1)C(C)C. The second kappa shape index (κ2) is 6.52. The molecule has 0 spiro atoms. The Kier molecular flexibility index (Phi) is 5.30. The minimum atomic E-state index is -0.591. The highest BCUT2D eigenvalue weighted by Crippen LogP contribution is 2.10. The molecule has 0 aliphatic rings. The van der Waals surface area contributed by atoms with Crippen LogP contribution in [-0.2, 0) is 4.79 Å². The molecule has 0 aliphatic heterocycles. The molecule has 5 heteroatoms. The Morgan fingerprint density at radius 1 is 1.32 bits per heavy atom. The van der Waals surface area contributed by atoms with Gasteiger partial charge in [-0.1, -0.05) is 13.8 Å². The predicted molar refractivity (Wildman–Crippen MR) is 72.7 cm³/mol. The number of ketones is 1. The first-order valence-electron chi connectivity index (χ1n) is 6.47. The molecule has 1 aromatic rings. The summed E-state index contributed by atoms with van der Waals surface area (Å²) in [6, 6.07) is 2.56. The fraction of sp³-hybridized carbons (Fsp3) is 0.571. The normalized spacial score (nSPS) is 12.8. The van der Waals surface area contributed by atoms with Crippen LogP contribution in [0.4, 0.5) is 0 Å². The Morgan fingerprint density at radius 2 is 1.95 bits per heavy atom. The van der Waals surface area contributed by atoms with Gasteiger partial charge in [-0.2, -0.15) is 0 Å². The summed E-state index contributed by atoms with van der Waals surface area (Å²) < 4.78 is 5.04. The molecule has 1 amide bonds. The first-order chi connectivity index (χ1) is 8.84. The van der Waals surface area contributed by atoms with E-state index < -0.39 is 6.04 Å². The fourth-order valence-electron chi connectivity index (χ4n) is 1.66. The van der Waals surface area contributed by atoms with Crippen LogP contribution in [-0.4, -0.2) is 35.2 Å². The Balaban J connectivity index is 2.79. The molecule has 0 radical (unpaired) electrons. The van der Waals surface area contributed by atoms with Crippen molar-refractivity contribution in [2.45, 2.75) is 39.8 Å². The summed E-state index contributed by atoms with van der Waals surface area (Å²) in [5.41, 5.74) is 5.87. The molecule has 5 nitrogen and oxygen atoms in total. The molecule has 1 rings (SSSR count). The Morgan fingerprint density at radius 3 is 2.37 bits per heavy atom. The fourth-order valence-corrected chi connectivity index (χ4v) is 1.66. The summed E-state index contributed by atoms with van der Waals surface area (Å²) >= 11 is 0. The smallest absolute Gasteiger partial charge is 0.240 e. The lowest BCUT2D eigenvalue weighted by atomic mass is 10.0. The van der Waals surface area contributed by atoms with Crippen molar-refractivity contribution in [3.8, 4) is 0 Å². The maximum atomic E-state index is 12.2. The van der Waals surface area contributed by atoms with E-state index >= 15 is 0 Å². The van der Waals surface area contributed by atoms with E-state index in [1.807, 2.05) is 27.7 Å². The third kappa shape index (κ3) is 3.92. The van der Waals surface area contributed by atoms with Crippen molar-refractivity contribution in [1.82, 2.24) is 4.90 Å². The second-order valence-corrected chi connectivity index (χ2v) is 5.23. The zero-order valence-electron chi connectivity index (χ0n) is 11.9. The van der Waals surface area contributed by atoms with Crippen LogP contribution in [0.15, 0.2) is 22.8 Å². The van der Waals surface area contributed by atoms with Crippen molar-refractivity contribution in [1.29, 1.82) is 0 Å². The van der Waals surface area contributed by atoms with Gasteiger partial charge in [-0.25, -0.2) is 0 Å². The quantitative estimate of drug-likeness (QED) is 0.795. The first kappa shape index (κ1) is 15.4. The van der Waals surface area contributed by atoms with Gasteiger partial charge in [0.25, 0.3) is 0 Å². The van der Waals surface area contributed by atoms with E-state index in [0.717, 1.165) is 0 Å². The molecule has 19 heavy (non-hydrogen) atoms. The van der Waals surface area contributed by atoms with Gasteiger partial charge in [0.1, 0.15) is 0 Å². The third-order valence-corrected chi connectivity index (χ3v) is 3.02. The number of amides is 1. The third-order valence-electron chi connectivity index (χ3n) is 3.02. The number of hydrogen-bond donors (Lipinski definition) is 1. The number of carbonyl (C=O) groups excluding carboxylic acids is 2. The molecule has 106 valence electrons. The van der Waals surface area contributed by atoms with Crippen molar-refractivity contribution in [3.05, 3.63) is 24.2 Å². The van der Waals surface area contributed by atoms with E-state index in [2.05, 4.69) is 0 Å². The highest BCUT2D eigenvalue weighted by Gasteiger charge is 2.27. The van der Waals surface area contributed by atoms with Crippen LogP contribution in [0.25, 0.3) is 0 Å². The van der Waals surface area contributed by atoms with Crippen LogP contribution >= 0.6 is 0 Å². The van der Waals surface area contributed by atoms with Crippen molar-refractivity contribution in [2.75, 3.05) is 6.54 Å². The highest BCUT2D eigenvalue weighted by molar-refractivity contribution is 5.97. The minimum Gasteiger partial charge on any atom is -0.461 e. The molecule has 1 heterocycles. The molecule has 0 aliphatic carbocycles. The monoisotopic (exact) mass is 266 g/mol. The molecule has 1 aromatic heterocycles. The largest absolute Gasteiger partial charge is 0.461 e. The van der Waals surface area contributed by atoms with Crippen LogP contribution in [0, 0.1) is 5.92 Å². The standard InChI is InChI=1S/C14H22N2O3/c1-9(2)13(15)14(18)16(10(3)4)8-11(17)12-6-5-7-19-12/h5-7,9-10,13H,8,15H2,1-4H3/t13-/m0/s1. The topological polar surface area (TPSA) is 76.5 Å². The average molecular weight is 266 g/mol. The van der Waals surface area contributed by atoms with Crippen LogP contribution in [0.3, 0.4) is 0 Å². The van der Waals surface area contributed by atoms with Crippen LogP contribution in [0.5, 0.6) is 0 Å². The van der Waals surface area contributed by atoms with Gasteiger partial charge in [-0.15, -0.1) is 0 Å². The summed E-state index contributed by atoms with van der Waals surface area (Å²) in [6.07, 6.45) is 1.44. The van der Waals surface area contributed by atoms with E-state index in [-0.39, 0.29) is 36.0 Å². The summed E-state index contributed by atoms with van der Waals surface area (Å²) in [7, 11) is 0. The number of hydrogen-bond acceptors (Lipinski definition) is 4. The molecular formula is C14H22N2O3. The number of nitrogens with two attached hydrogens (primary N) is 1. The average Bonchev–Trinajstić information content (AvgIpc) is 2.87. The Bertz CT molecular complexity index is 424. The molecule has 2 N–H and O–H groups in total. The lowest BCUT2D eigenvalue weighted by molar-refractivity contribution is -0.134. The summed E-state index contributed by atoms with van der Waals surface area (Å²) in [5.74, 6) is -0.128. The van der Waals surface area contributed by atoms with E-state index in [1.165, 1.54) is 11.2 Å². The number of Topliss-reactive ketones (excluding diaryl/α,β-unsaturated/α-hetero) is 1. The second-order valence-electron chi connectivity index (χ2n) is 5.23. The van der Waals surface area contributed by atoms with Gasteiger partial charge < -0.3 is 15.1 Å². The first-order valence-corrected chi connectivity index (χ1v) is 6.47. The van der Waals surface area contributed by atoms with Gasteiger partial charge in [0.2, 0.25) is 11.7 Å². The summed E-state index contributed by atoms with van der Waals surface area (Å²) in [5, 5.41) is 0. The zero-order valence-corrected chi connectivity index (χ0v) is 11.9. The van der Waals surface area contributed by atoms with Crippen molar-refractivity contribution < 1.29 is 14.0 Å². The van der Waals surface area contributed by atoms with Gasteiger partial charge in [0.15, 0.2) is 5.76 Å². The molecule has 0 fully saturated rings. The molecule has 0 unspecified atom stereocenters. The summed E-state index contributed by atoms with van der Waals surface area (Å²) in [4.78, 5) is 25.7. The van der Waals surface area contributed by atoms with Crippen LogP contribution < -0.4 is 5.73 Å². The Labute approximate surface area is 113 Å². The minimum absolute atomic E-state index is 0.00949. The van der Waals surface area contributed by atoms with Gasteiger partial charge in [0.05, 0.1) is 18.8 Å². The van der Waals surface area contributed by atoms with Gasteiger partial charge in [0, 0.05) is 6.04 Å². The molecule has 0 aromatic carbocycles. The number of carbonyl (C=O) groups is 2. The van der Waals surface area contributed by atoms with E-state index in [1.54, 1.807) is 12.1 Å². The molecular weight excluding hydrogens is 244 g/mol. The molecule has 0 bridgehead atoms. The van der Waals surface area contributed by atoms with Gasteiger partial charge >= 0.3 is 0 Å². The van der Waals surface area contributed by atoms with Crippen molar-refractivity contribution in [2.24, 2.45) is 11.7 Å². The Hall–Kier alpha value is -1.62. The zero-order chi connectivity index (χ0) is 14.6. The maximum Gasteiger partial charge on any atom is 0.240 e. The number of furan rings is 1. The number of nitrogens with zero attached hydrogens (tertiary/aromatic N) is 1. The van der Waals surface area contributed by atoms with E-state index in [4.69, 9.17) is 10.2 Å². The summed E-state index contributed by atoms with van der Waals surface area (Å²) in [6.45, 7) is 7.48. The highest BCUT2D eigenvalue weighted by atomic mass is 16.3.